The van der Waals surface area contributed by atoms with Crippen molar-refractivity contribution >= 4 is 17.5 Å². The summed E-state index contributed by atoms with van der Waals surface area (Å²) in [5.74, 6) is 0.0723. The van der Waals surface area contributed by atoms with E-state index < -0.39 is 10.7 Å². The molecule has 0 aliphatic carbocycles. The predicted octanol–water partition coefficient (Wildman–Crippen LogP) is 4.93. The van der Waals surface area contributed by atoms with Gasteiger partial charge in [-0.3, -0.25) is 14.9 Å². The molecular formula is C22H14FNO5. The van der Waals surface area contributed by atoms with Crippen LogP contribution in [0.3, 0.4) is 0 Å². The van der Waals surface area contributed by atoms with Gasteiger partial charge in [-0.2, -0.15) is 0 Å². The van der Waals surface area contributed by atoms with Crippen molar-refractivity contribution in [2.24, 2.45) is 0 Å². The number of allylic oxidation sites excluding steroid dienone is 1. The lowest BCUT2D eigenvalue weighted by molar-refractivity contribution is -0.384. The first kappa shape index (κ1) is 18.4. The van der Waals surface area contributed by atoms with Crippen LogP contribution in [0, 0.1) is 15.9 Å². The molecule has 0 unspecified atom stereocenters. The predicted molar refractivity (Wildman–Crippen MR) is 103 cm³/mol. The lowest BCUT2D eigenvalue weighted by Crippen LogP contribution is -1.98. The van der Waals surface area contributed by atoms with E-state index in [9.17, 15) is 19.3 Å². The number of ketones is 1. The highest BCUT2D eigenvalue weighted by Crippen LogP contribution is 2.35. The summed E-state index contributed by atoms with van der Waals surface area (Å²) < 4.78 is 25.1. The van der Waals surface area contributed by atoms with Gasteiger partial charge in [0, 0.05) is 23.8 Å². The van der Waals surface area contributed by atoms with Crippen LogP contribution >= 0.6 is 0 Å². The topological polar surface area (TPSA) is 78.7 Å². The molecule has 0 radical (unpaired) electrons. The minimum absolute atomic E-state index is 0.00682. The van der Waals surface area contributed by atoms with E-state index in [0.717, 1.165) is 5.56 Å². The Bertz CT molecular complexity index is 1140. The highest BCUT2D eigenvalue weighted by molar-refractivity contribution is 6.14. The van der Waals surface area contributed by atoms with Crippen LogP contribution in [0.1, 0.15) is 21.5 Å². The smallest absolute Gasteiger partial charge is 0.269 e. The molecule has 0 amide bonds. The largest absolute Gasteiger partial charge is 0.489 e. The number of carbonyl (C=O) groups is 1. The first-order chi connectivity index (χ1) is 14.0. The molecule has 0 saturated carbocycles. The zero-order chi connectivity index (χ0) is 20.4. The molecule has 0 bridgehead atoms. The van der Waals surface area contributed by atoms with E-state index in [1.807, 2.05) is 0 Å². The Kier molecular flexibility index (Phi) is 4.78. The van der Waals surface area contributed by atoms with E-state index in [0.29, 0.717) is 17.1 Å². The van der Waals surface area contributed by atoms with Gasteiger partial charge in [0.05, 0.1) is 10.5 Å². The third-order valence-electron chi connectivity index (χ3n) is 4.39. The van der Waals surface area contributed by atoms with E-state index >= 15 is 0 Å². The molecule has 0 atom stereocenters. The Morgan fingerprint density at radius 1 is 1.07 bits per heavy atom. The third kappa shape index (κ3) is 3.84. The standard InChI is InChI=1S/C22H14FNO5/c23-19-4-2-1-3-15(19)11-21-22(25)18-10-9-17(12-20(18)29-21)28-13-14-5-7-16(8-6-14)24(26)27/h1-12H,13H2. The van der Waals surface area contributed by atoms with Gasteiger partial charge in [-0.05, 0) is 42.0 Å². The number of hydrogen-bond acceptors (Lipinski definition) is 5. The Labute approximate surface area is 165 Å². The monoisotopic (exact) mass is 391 g/mol. The summed E-state index contributed by atoms with van der Waals surface area (Å²) in [6.07, 6.45) is 1.37. The van der Waals surface area contributed by atoms with Gasteiger partial charge in [-0.25, -0.2) is 4.39 Å². The normalized spacial score (nSPS) is 13.8. The minimum Gasteiger partial charge on any atom is -0.489 e. The van der Waals surface area contributed by atoms with Crippen LogP contribution < -0.4 is 9.47 Å². The Morgan fingerprint density at radius 2 is 1.83 bits per heavy atom. The number of Topliss-reactive ketones (excluding diaryl/α,β-unsaturated/α-hetero) is 1. The molecule has 3 aromatic rings. The van der Waals surface area contributed by atoms with Gasteiger partial charge >= 0.3 is 0 Å². The molecule has 29 heavy (non-hydrogen) atoms. The molecule has 4 rings (SSSR count). The van der Waals surface area contributed by atoms with Gasteiger partial charge in [0.1, 0.15) is 23.9 Å². The van der Waals surface area contributed by atoms with Crippen LogP contribution in [0.15, 0.2) is 72.5 Å². The summed E-state index contributed by atoms with van der Waals surface area (Å²) in [7, 11) is 0. The van der Waals surface area contributed by atoms with E-state index in [-0.39, 0.29) is 29.4 Å². The maximum Gasteiger partial charge on any atom is 0.269 e. The number of carbonyl (C=O) groups excluding carboxylic acids is 1. The number of non-ortho nitro benzene ring substituents is 1. The fourth-order valence-corrected chi connectivity index (χ4v) is 2.87. The van der Waals surface area contributed by atoms with Crippen molar-refractivity contribution in [1.29, 1.82) is 0 Å². The van der Waals surface area contributed by atoms with Gasteiger partial charge in [0.25, 0.3) is 5.69 Å². The van der Waals surface area contributed by atoms with Crippen LogP contribution in [0.25, 0.3) is 6.08 Å². The molecular weight excluding hydrogens is 377 g/mol. The number of nitro groups is 1. The highest BCUT2D eigenvalue weighted by Gasteiger charge is 2.28. The van der Waals surface area contributed by atoms with Crippen molar-refractivity contribution in [1.82, 2.24) is 0 Å². The lowest BCUT2D eigenvalue weighted by atomic mass is 10.1. The summed E-state index contributed by atoms with van der Waals surface area (Å²) in [6, 6.07) is 16.9. The fourth-order valence-electron chi connectivity index (χ4n) is 2.87. The number of nitrogens with zero attached hydrogens (tertiary/aromatic N) is 1. The summed E-state index contributed by atoms with van der Waals surface area (Å²) in [5, 5.41) is 10.7. The van der Waals surface area contributed by atoms with Crippen molar-refractivity contribution < 1.29 is 23.6 Å². The molecule has 0 saturated heterocycles. The van der Waals surface area contributed by atoms with Crippen LogP contribution in [0.5, 0.6) is 11.5 Å². The molecule has 1 aliphatic rings. The van der Waals surface area contributed by atoms with Crippen LogP contribution in [0.4, 0.5) is 10.1 Å². The Morgan fingerprint density at radius 3 is 2.55 bits per heavy atom. The summed E-state index contributed by atoms with van der Waals surface area (Å²) in [5.41, 5.74) is 1.40. The average Bonchev–Trinajstić information content (AvgIpc) is 3.03. The van der Waals surface area contributed by atoms with E-state index in [1.165, 1.54) is 24.3 Å². The van der Waals surface area contributed by atoms with Crippen molar-refractivity contribution in [3.05, 3.63) is 105 Å². The second kappa shape index (κ2) is 7.55. The van der Waals surface area contributed by atoms with Gasteiger partial charge in [-0.1, -0.05) is 18.2 Å². The first-order valence-electron chi connectivity index (χ1n) is 8.70. The second-order valence-corrected chi connectivity index (χ2v) is 6.33. The molecule has 3 aromatic carbocycles. The van der Waals surface area contributed by atoms with E-state index in [2.05, 4.69) is 0 Å². The summed E-state index contributed by atoms with van der Waals surface area (Å²) in [6.45, 7) is 0.197. The zero-order valence-electron chi connectivity index (χ0n) is 15.0. The van der Waals surface area contributed by atoms with E-state index in [1.54, 1.807) is 48.5 Å². The number of rotatable bonds is 5. The number of benzene rings is 3. The number of fused-ring (bicyclic) bond motifs is 1. The van der Waals surface area contributed by atoms with Crippen LogP contribution in [-0.2, 0) is 6.61 Å². The molecule has 144 valence electrons. The van der Waals surface area contributed by atoms with Gasteiger partial charge < -0.3 is 9.47 Å². The molecule has 1 aliphatic heterocycles. The SMILES string of the molecule is O=C1C(=Cc2ccccc2F)Oc2cc(OCc3ccc([N+](=O)[O-])cc3)ccc21. The minimum atomic E-state index is -0.466. The maximum atomic E-state index is 13.8. The maximum absolute atomic E-state index is 13.8. The lowest BCUT2D eigenvalue weighted by Gasteiger charge is -2.07. The van der Waals surface area contributed by atoms with Gasteiger partial charge in [-0.15, -0.1) is 0 Å². The Hall–Kier alpha value is -4.00. The van der Waals surface area contributed by atoms with Crippen molar-refractivity contribution in [2.75, 3.05) is 0 Å². The first-order valence-corrected chi connectivity index (χ1v) is 8.70. The van der Waals surface area contributed by atoms with Gasteiger partial charge in [0.15, 0.2) is 5.76 Å². The van der Waals surface area contributed by atoms with Crippen molar-refractivity contribution in [3.8, 4) is 11.5 Å². The number of nitro benzene ring substituents is 1. The molecule has 1 heterocycles. The molecule has 0 N–H and O–H groups in total. The quantitative estimate of drug-likeness (QED) is 0.350. The second-order valence-electron chi connectivity index (χ2n) is 6.33. The zero-order valence-corrected chi connectivity index (χ0v) is 15.0. The van der Waals surface area contributed by atoms with Crippen molar-refractivity contribution in [3.63, 3.8) is 0 Å². The van der Waals surface area contributed by atoms with Crippen LogP contribution in [0.2, 0.25) is 0 Å². The number of ether oxygens (including phenoxy) is 2. The molecule has 6 nitrogen and oxygen atoms in total. The molecule has 7 heteroatoms. The fraction of sp³-hybridized carbons (Fsp3) is 0.0455. The summed E-state index contributed by atoms with van der Waals surface area (Å²) in [4.78, 5) is 22.7. The molecule has 0 fully saturated rings. The van der Waals surface area contributed by atoms with Gasteiger partial charge in [0.2, 0.25) is 5.78 Å². The van der Waals surface area contributed by atoms with Crippen LogP contribution in [-0.4, -0.2) is 10.7 Å². The number of hydrogen-bond donors (Lipinski definition) is 0. The number of halogens is 1. The summed E-state index contributed by atoms with van der Waals surface area (Å²) >= 11 is 0. The van der Waals surface area contributed by atoms with E-state index in [4.69, 9.17) is 9.47 Å². The molecule has 0 spiro atoms. The third-order valence-corrected chi connectivity index (χ3v) is 4.39. The average molecular weight is 391 g/mol. The Balaban J connectivity index is 1.49. The van der Waals surface area contributed by atoms with Crippen molar-refractivity contribution in [2.45, 2.75) is 6.61 Å². The highest BCUT2D eigenvalue weighted by atomic mass is 19.1. The molecule has 0 aromatic heterocycles.